The maximum Gasteiger partial charge on any atom is 0.414 e. The van der Waals surface area contributed by atoms with Crippen molar-refractivity contribution >= 4 is 62.2 Å². The quantitative estimate of drug-likeness (QED) is 0.176. The summed E-state index contributed by atoms with van der Waals surface area (Å²) >= 11 is 2.63. The van der Waals surface area contributed by atoms with Gasteiger partial charge in [0.1, 0.15) is 11.9 Å². The summed E-state index contributed by atoms with van der Waals surface area (Å²) in [6.45, 7) is 1.65. The first-order chi connectivity index (χ1) is 18.9. The molecule has 2 aliphatic heterocycles. The van der Waals surface area contributed by atoms with Crippen LogP contribution in [0.3, 0.4) is 0 Å². The Bertz CT molecular complexity index is 1280. The molecule has 2 aromatic carbocycles. The highest BCUT2D eigenvalue weighted by atomic mass is 32.2. The Balaban J connectivity index is 1.28. The van der Waals surface area contributed by atoms with Gasteiger partial charge in [-0.3, -0.25) is 14.3 Å². The summed E-state index contributed by atoms with van der Waals surface area (Å²) in [6.07, 6.45) is -2.01. The molecule has 0 saturated carbocycles. The molecule has 2 fully saturated rings. The number of aliphatic hydroxyl groups is 1. The average molecular weight is 636 g/mol. The molecule has 0 spiro atoms. The molecule has 2 aliphatic rings. The molecule has 0 bridgehead atoms. The standard InChI is InChI=1S/C23H28FN3O9P2S2/c24-19-11-16(3-6-20(19)26-7-9-39-10-8-26)27-14-17(36-22(27)29)13-25-21(28)40-18-4-1-15(2-5-18)12-23(30,37(31)32)38(33,34)35/h1-6,11,17,30-32H,7-10,12-14H2,(H,25,28)(H2,33,34,35)/t17-,23?/m0/s1. The molecule has 6 N–H and O–H groups in total. The molecule has 2 atom stereocenters. The van der Waals surface area contributed by atoms with E-state index in [1.165, 1.54) is 35.2 Å². The third-order valence-electron chi connectivity index (χ3n) is 6.30. The van der Waals surface area contributed by atoms with Gasteiger partial charge < -0.3 is 39.6 Å². The van der Waals surface area contributed by atoms with Crippen LogP contribution in [0.25, 0.3) is 0 Å². The number of amides is 2. The first kappa shape index (κ1) is 31.0. The van der Waals surface area contributed by atoms with Gasteiger partial charge in [-0.05, 0) is 47.7 Å². The number of benzene rings is 2. The van der Waals surface area contributed by atoms with Crippen LogP contribution in [0, 0.1) is 5.82 Å². The predicted molar refractivity (Wildman–Crippen MR) is 151 cm³/mol. The zero-order chi connectivity index (χ0) is 29.1. The van der Waals surface area contributed by atoms with Crippen molar-refractivity contribution in [2.75, 3.05) is 47.5 Å². The van der Waals surface area contributed by atoms with E-state index in [1.807, 2.05) is 16.7 Å². The maximum absolute atomic E-state index is 14.8. The first-order valence-corrected chi connectivity index (χ1v) is 16.8. The van der Waals surface area contributed by atoms with Crippen LogP contribution in [0.15, 0.2) is 47.4 Å². The Hall–Kier alpha value is -1.93. The van der Waals surface area contributed by atoms with Crippen LogP contribution in [0.1, 0.15) is 5.56 Å². The summed E-state index contributed by atoms with van der Waals surface area (Å²) in [7, 11) is -8.60. The van der Waals surface area contributed by atoms with E-state index >= 15 is 0 Å². The molecule has 40 heavy (non-hydrogen) atoms. The van der Waals surface area contributed by atoms with Crippen molar-refractivity contribution in [2.45, 2.75) is 22.5 Å². The van der Waals surface area contributed by atoms with Crippen molar-refractivity contribution in [3.8, 4) is 0 Å². The van der Waals surface area contributed by atoms with Gasteiger partial charge >= 0.3 is 13.7 Å². The lowest BCUT2D eigenvalue weighted by atomic mass is 10.2. The van der Waals surface area contributed by atoms with Crippen LogP contribution in [-0.4, -0.2) is 84.9 Å². The average Bonchev–Trinajstić information content (AvgIpc) is 3.28. The van der Waals surface area contributed by atoms with Gasteiger partial charge in [-0.25, -0.2) is 9.18 Å². The molecule has 2 aromatic rings. The Kier molecular flexibility index (Phi) is 10.0. The number of anilines is 2. The lowest BCUT2D eigenvalue weighted by Crippen LogP contribution is -2.33. The molecular weight excluding hydrogens is 607 g/mol. The van der Waals surface area contributed by atoms with E-state index in [0.717, 1.165) is 36.4 Å². The van der Waals surface area contributed by atoms with E-state index in [-0.39, 0.29) is 18.7 Å². The summed E-state index contributed by atoms with van der Waals surface area (Å²) in [5.74, 6) is 1.43. The third kappa shape index (κ3) is 7.28. The number of nitrogens with one attached hydrogen (secondary N) is 1. The number of thioether (sulfide) groups is 2. The SMILES string of the molecule is O=C(NC[C@H]1CN(c2ccc(N3CCSCC3)c(F)c2)C(=O)O1)Sc1ccc(CC(O)(P(O)O)P(=O)(O)O)cc1. The highest BCUT2D eigenvalue weighted by molar-refractivity contribution is 8.13. The molecule has 2 saturated heterocycles. The van der Waals surface area contributed by atoms with Crippen LogP contribution in [0.4, 0.5) is 25.4 Å². The molecule has 218 valence electrons. The van der Waals surface area contributed by atoms with Gasteiger partial charge in [-0.2, -0.15) is 11.8 Å². The predicted octanol–water partition coefficient (Wildman–Crippen LogP) is 2.87. The van der Waals surface area contributed by atoms with Crippen molar-refractivity contribution < 1.29 is 48.0 Å². The van der Waals surface area contributed by atoms with E-state index in [4.69, 9.17) is 4.74 Å². The van der Waals surface area contributed by atoms with Crippen molar-refractivity contribution in [3.63, 3.8) is 0 Å². The molecule has 2 heterocycles. The lowest BCUT2D eigenvalue weighted by Gasteiger charge is -2.29. The van der Waals surface area contributed by atoms with E-state index in [2.05, 4.69) is 5.32 Å². The summed E-state index contributed by atoms with van der Waals surface area (Å²) in [6, 6.07) is 10.3. The number of hydrogen-bond acceptors (Lipinski definition) is 10. The normalized spacial score (nSPS) is 19.5. The number of ether oxygens (including phenoxy) is 1. The van der Waals surface area contributed by atoms with Crippen molar-refractivity contribution in [2.24, 2.45) is 0 Å². The zero-order valence-electron chi connectivity index (χ0n) is 20.9. The second-order valence-electron chi connectivity index (χ2n) is 9.05. The zero-order valence-corrected chi connectivity index (χ0v) is 24.3. The topological polar surface area (TPSA) is 180 Å². The highest BCUT2D eigenvalue weighted by Crippen LogP contribution is 2.64. The van der Waals surface area contributed by atoms with Gasteiger partial charge in [-0.15, -0.1) is 0 Å². The minimum atomic E-state index is -5.25. The van der Waals surface area contributed by atoms with Crippen molar-refractivity contribution in [3.05, 3.63) is 53.8 Å². The molecule has 4 rings (SSSR count). The Morgan fingerprint density at radius 2 is 1.88 bits per heavy atom. The van der Waals surface area contributed by atoms with Crippen molar-refractivity contribution in [1.82, 2.24) is 5.32 Å². The van der Waals surface area contributed by atoms with Gasteiger partial charge in [0, 0.05) is 35.9 Å². The van der Waals surface area contributed by atoms with Gasteiger partial charge in [0.05, 0.1) is 24.5 Å². The Morgan fingerprint density at radius 1 is 1.20 bits per heavy atom. The maximum atomic E-state index is 14.8. The van der Waals surface area contributed by atoms with Crippen LogP contribution in [0.2, 0.25) is 0 Å². The van der Waals surface area contributed by atoms with E-state index in [1.54, 1.807) is 12.1 Å². The number of nitrogens with zero attached hydrogens (tertiary/aromatic N) is 2. The number of cyclic esters (lactones) is 1. The van der Waals surface area contributed by atoms with E-state index in [9.17, 15) is 43.2 Å². The van der Waals surface area contributed by atoms with Crippen LogP contribution in [0.5, 0.6) is 0 Å². The lowest BCUT2D eigenvalue weighted by molar-refractivity contribution is 0.141. The van der Waals surface area contributed by atoms with E-state index in [0.29, 0.717) is 16.3 Å². The number of carbonyl (C=O) groups is 2. The van der Waals surface area contributed by atoms with Gasteiger partial charge in [0.2, 0.25) is 13.5 Å². The smallest absolute Gasteiger partial charge is 0.414 e. The van der Waals surface area contributed by atoms with Crippen LogP contribution < -0.4 is 15.1 Å². The summed E-state index contributed by atoms with van der Waals surface area (Å²) < 4.78 is 31.7. The molecule has 0 radical (unpaired) electrons. The van der Waals surface area contributed by atoms with Gasteiger partial charge in [-0.1, -0.05) is 12.1 Å². The fourth-order valence-electron chi connectivity index (χ4n) is 4.14. The molecule has 12 nitrogen and oxygen atoms in total. The Labute approximate surface area is 239 Å². The van der Waals surface area contributed by atoms with Crippen LogP contribution >= 0.6 is 39.5 Å². The first-order valence-electron chi connectivity index (χ1n) is 12.0. The minimum absolute atomic E-state index is 0.0179. The number of rotatable bonds is 9. The van der Waals surface area contributed by atoms with Crippen LogP contribution in [-0.2, 0) is 15.7 Å². The number of halogens is 1. The summed E-state index contributed by atoms with van der Waals surface area (Å²) in [5, 5.41) is 9.27. The second kappa shape index (κ2) is 12.9. The molecule has 0 aliphatic carbocycles. The van der Waals surface area contributed by atoms with Gasteiger partial charge in [0.15, 0.2) is 0 Å². The molecule has 2 amide bonds. The Morgan fingerprint density at radius 3 is 2.48 bits per heavy atom. The second-order valence-corrected chi connectivity index (χ2v) is 14.8. The largest absolute Gasteiger partial charge is 0.442 e. The number of hydrogen-bond donors (Lipinski definition) is 6. The van der Waals surface area contributed by atoms with Crippen molar-refractivity contribution in [1.29, 1.82) is 0 Å². The molecule has 1 unspecified atom stereocenters. The fourth-order valence-corrected chi connectivity index (χ4v) is 7.33. The molecule has 0 aromatic heterocycles. The fraction of sp³-hybridized carbons (Fsp3) is 0.391. The molecule has 17 heteroatoms. The monoisotopic (exact) mass is 635 g/mol. The number of carbonyl (C=O) groups excluding carboxylic acids is 2. The highest BCUT2D eigenvalue weighted by Gasteiger charge is 2.52. The van der Waals surface area contributed by atoms with E-state index < -0.39 is 50.7 Å². The summed E-state index contributed by atoms with van der Waals surface area (Å²) in [4.78, 5) is 65.8. The minimum Gasteiger partial charge on any atom is -0.442 e. The summed E-state index contributed by atoms with van der Waals surface area (Å²) in [5.41, 5.74) is 1.07. The molecular formula is C23H28FN3O9P2S2. The third-order valence-corrected chi connectivity index (χ3v) is 11.3. The van der Waals surface area contributed by atoms with Gasteiger partial charge in [0.25, 0.3) is 5.24 Å².